The molecule has 1 aromatic heterocycles. The molecule has 1 atom stereocenters. The SMILES string of the molecule is CCNC(C)c1ccc(C)cc1OCc1ccc(Cl)s1. The summed E-state index contributed by atoms with van der Waals surface area (Å²) >= 11 is 7.50. The molecular formula is C16H20ClNOS. The largest absolute Gasteiger partial charge is 0.488 e. The van der Waals surface area contributed by atoms with Crippen LogP contribution in [0.1, 0.15) is 35.9 Å². The molecule has 108 valence electrons. The minimum Gasteiger partial charge on any atom is -0.488 e. The Morgan fingerprint density at radius 2 is 2.10 bits per heavy atom. The van der Waals surface area contributed by atoms with E-state index in [0.717, 1.165) is 21.5 Å². The molecule has 1 heterocycles. The third-order valence-corrected chi connectivity index (χ3v) is 4.35. The van der Waals surface area contributed by atoms with E-state index in [1.807, 2.05) is 12.1 Å². The molecule has 2 aromatic rings. The lowest BCUT2D eigenvalue weighted by molar-refractivity contribution is 0.303. The van der Waals surface area contributed by atoms with Gasteiger partial charge in [-0.2, -0.15) is 0 Å². The number of halogens is 1. The molecule has 0 aliphatic carbocycles. The monoisotopic (exact) mass is 309 g/mol. The number of hydrogen-bond donors (Lipinski definition) is 1. The lowest BCUT2D eigenvalue weighted by atomic mass is 10.0. The van der Waals surface area contributed by atoms with Crippen molar-refractivity contribution in [1.29, 1.82) is 0 Å². The summed E-state index contributed by atoms with van der Waals surface area (Å²) in [5.74, 6) is 0.947. The molecule has 0 aliphatic rings. The van der Waals surface area contributed by atoms with Gasteiger partial charge in [-0.3, -0.25) is 0 Å². The molecule has 0 radical (unpaired) electrons. The van der Waals surface area contributed by atoms with Crippen LogP contribution >= 0.6 is 22.9 Å². The maximum absolute atomic E-state index is 6.00. The van der Waals surface area contributed by atoms with Crippen LogP contribution in [0.2, 0.25) is 4.34 Å². The van der Waals surface area contributed by atoms with Crippen LogP contribution in [0.15, 0.2) is 30.3 Å². The van der Waals surface area contributed by atoms with Crippen molar-refractivity contribution < 1.29 is 4.74 Å². The van der Waals surface area contributed by atoms with Gasteiger partial charge in [0, 0.05) is 16.5 Å². The minimum absolute atomic E-state index is 0.280. The summed E-state index contributed by atoms with van der Waals surface area (Å²) in [6, 6.07) is 10.6. The lowest BCUT2D eigenvalue weighted by Gasteiger charge is -2.18. The molecule has 1 unspecified atom stereocenters. The van der Waals surface area contributed by atoms with Crippen molar-refractivity contribution in [3.63, 3.8) is 0 Å². The van der Waals surface area contributed by atoms with E-state index in [9.17, 15) is 0 Å². The van der Waals surface area contributed by atoms with Gasteiger partial charge in [0.05, 0.1) is 4.34 Å². The Kier molecular flexibility index (Phi) is 5.46. The third-order valence-electron chi connectivity index (χ3n) is 3.14. The van der Waals surface area contributed by atoms with Gasteiger partial charge in [0.2, 0.25) is 0 Å². The molecule has 0 aliphatic heterocycles. The fraction of sp³-hybridized carbons (Fsp3) is 0.375. The summed E-state index contributed by atoms with van der Waals surface area (Å²) in [6.07, 6.45) is 0. The van der Waals surface area contributed by atoms with Gasteiger partial charge in [0.1, 0.15) is 12.4 Å². The highest BCUT2D eigenvalue weighted by molar-refractivity contribution is 7.16. The minimum atomic E-state index is 0.280. The molecule has 0 saturated carbocycles. The highest BCUT2D eigenvalue weighted by Crippen LogP contribution is 2.28. The molecule has 0 fully saturated rings. The predicted molar refractivity (Wildman–Crippen MR) is 86.9 cm³/mol. The van der Waals surface area contributed by atoms with E-state index in [0.29, 0.717) is 6.61 Å². The number of aryl methyl sites for hydroxylation is 1. The van der Waals surface area contributed by atoms with Crippen molar-refractivity contribution in [1.82, 2.24) is 5.32 Å². The summed E-state index contributed by atoms with van der Waals surface area (Å²) in [5, 5.41) is 3.43. The van der Waals surface area contributed by atoms with Crippen LogP contribution in [0.4, 0.5) is 0 Å². The van der Waals surface area contributed by atoms with E-state index in [2.05, 4.69) is 44.3 Å². The first-order valence-electron chi connectivity index (χ1n) is 6.81. The van der Waals surface area contributed by atoms with Gasteiger partial charge in [0.25, 0.3) is 0 Å². The molecular weight excluding hydrogens is 290 g/mol. The van der Waals surface area contributed by atoms with Crippen LogP contribution in [0.5, 0.6) is 5.75 Å². The van der Waals surface area contributed by atoms with Crippen LogP contribution in [0.25, 0.3) is 0 Å². The van der Waals surface area contributed by atoms with Gasteiger partial charge in [-0.15, -0.1) is 11.3 Å². The van der Waals surface area contributed by atoms with Crippen molar-refractivity contribution in [3.05, 3.63) is 50.7 Å². The maximum Gasteiger partial charge on any atom is 0.124 e. The van der Waals surface area contributed by atoms with Crippen LogP contribution in [-0.2, 0) is 6.61 Å². The number of rotatable bonds is 6. The third kappa shape index (κ3) is 3.98. The van der Waals surface area contributed by atoms with Gasteiger partial charge in [-0.1, -0.05) is 30.7 Å². The summed E-state index contributed by atoms with van der Waals surface area (Å²) in [5.41, 5.74) is 2.40. The Bertz CT molecular complexity index is 567. The Labute approximate surface area is 129 Å². The Balaban J connectivity index is 2.14. The van der Waals surface area contributed by atoms with E-state index < -0.39 is 0 Å². The number of thiophene rings is 1. The molecule has 0 spiro atoms. The van der Waals surface area contributed by atoms with Crippen LogP contribution < -0.4 is 10.1 Å². The molecule has 0 amide bonds. The standard InChI is InChI=1S/C16H20ClNOS/c1-4-18-12(3)14-7-5-11(2)9-15(14)19-10-13-6-8-16(17)20-13/h5-9,12,18H,4,10H2,1-3H3. The second-order valence-corrected chi connectivity index (χ2v) is 6.61. The Morgan fingerprint density at radius 3 is 2.75 bits per heavy atom. The smallest absolute Gasteiger partial charge is 0.124 e. The average molecular weight is 310 g/mol. The second kappa shape index (κ2) is 7.11. The molecule has 4 heteroatoms. The summed E-state index contributed by atoms with van der Waals surface area (Å²) < 4.78 is 6.80. The zero-order chi connectivity index (χ0) is 14.5. The van der Waals surface area contributed by atoms with Crippen molar-refractivity contribution in [2.24, 2.45) is 0 Å². The van der Waals surface area contributed by atoms with Crippen molar-refractivity contribution in [3.8, 4) is 5.75 Å². The highest BCUT2D eigenvalue weighted by Gasteiger charge is 2.11. The zero-order valence-corrected chi connectivity index (χ0v) is 13.6. The number of hydrogen-bond acceptors (Lipinski definition) is 3. The predicted octanol–water partition coefficient (Wildman–Crippen LogP) is 4.96. The second-order valence-electron chi connectivity index (χ2n) is 4.82. The molecule has 1 N–H and O–H groups in total. The quantitative estimate of drug-likeness (QED) is 0.814. The first-order valence-corrected chi connectivity index (χ1v) is 8.00. The molecule has 1 aromatic carbocycles. The van der Waals surface area contributed by atoms with Gasteiger partial charge < -0.3 is 10.1 Å². The topological polar surface area (TPSA) is 21.3 Å². The summed E-state index contributed by atoms with van der Waals surface area (Å²) in [4.78, 5) is 1.14. The van der Waals surface area contributed by atoms with E-state index >= 15 is 0 Å². The molecule has 0 saturated heterocycles. The normalized spacial score (nSPS) is 12.4. The van der Waals surface area contributed by atoms with E-state index in [-0.39, 0.29) is 6.04 Å². The summed E-state index contributed by atoms with van der Waals surface area (Å²) in [7, 11) is 0. The first-order chi connectivity index (χ1) is 9.60. The Morgan fingerprint density at radius 1 is 1.30 bits per heavy atom. The fourth-order valence-corrected chi connectivity index (χ4v) is 3.12. The summed E-state index contributed by atoms with van der Waals surface area (Å²) in [6.45, 7) is 7.85. The van der Waals surface area contributed by atoms with Gasteiger partial charge in [0.15, 0.2) is 0 Å². The first kappa shape index (κ1) is 15.4. The maximum atomic E-state index is 6.00. The number of nitrogens with one attached hydrogen (secondary N) is 1. The van der Waals surface area contributed by atoms with Crippen LogP contribution in [0, 0.1) is 6.92 Å². The zero-order valence-electron chi connectivity index (χ0n) is 12.1. The Hall–Kier alpha value is -1.03. The molecule has 2 rings (SSSR count). The van der Waals surface area contributed by atoms with E-state index in [4.69, 9.17) is 16.3 Å². The molecule has 0 bridgehead atoms. The van der Waals surface area contributed by atoms with Gasteiger partial charge in [-0.05, 0) is 44.2 Å². The molecule has 20 heavy (non-hydrogen) atoms. The van der Waals surface area contributed by atoms with E-state index in [1.54, 1.807) is 11.3 Å². The number of ether oxygens (including phenoxy) is 1. The van der Waals surface area contributed by atoms with Gasteiger partial charge in [-0.25, -0.2) is 0 Å². The van der Waals surface area contributed by atoms with E-state index in [1.165, 1.54) is 11.1 Å². The van der Waals surface area contributed by atoms with Crippen molar-refractivity contribution in [2.45, 2.75) is 33.4 Å². The van der Waals surface area contributed by atoms with Crippen LogP contribution in [-0.4, -0.2) is 6.54 Å². The fourth-order valence-electron chi connectivity index (χ4n) is 2.12. The van der Waals surface area contributed by atoms with Crippen molar-refractivity contribution >= 4 is 22.9 Å². The number of benzene rings is 1. The highest BCUT2D eigenvalue weighted by atomic mass is 35.5. The van der Waals surface area contributed by atoms with Crippen LogP contribution in [0.3, 0.4) is 0 Å². The van der Waals surface area contributed by atoms with Gasteiger partial charge >= 0.3 is 0 Å². The molecule has 2 nitrogen and oxygen atoms in total. The van der Waals surface area contributed by atoms with Crippen molar-refractivity contribution in [2.75, 3.05) is 6.54 Å². The average Bonchev–Trinajstić information content (AvgIpc) is 2.82. The lowest BCUT2D eigenvalue weighted by Crippen LogP contribution is -2.18.